The Labute approximate surface area is 117 Å². The summed E-state index contributed by atoms with van der Waals surface area (Å²) in [6.07, 6.45) is 0.762. The summed E-state index contributed by atoms with van der Waals surface area (Å²) >= 11 is 0. The Morgan fingerprint density at radius 3 is 2.40 bits per heavy atom. The molecule has 6 heteroatoms. The van der Waals surface area contributed by atoms with Crippen LogP contribution in [-0.4, -0.2) is 24.3 Å². The molecule has 1 aromatic carbocycles. The van der Waals surface area contributed by atoms with E-state index in [4.69, 9.17) is 5.73 Å². The maximum atomic E-state index is 11.8. The van der Waals surface area contributed by atoms with Crippen LogP contribution < -0.4 is 16.4 Å². The highest BCUT2D eigenvalue weighted by atomic mass is 16.2. The Morgan fingerprint density at radius 2 is 1.80 bits per heavy atom. The lowest BCUT2D eigenvalue weighted by molar-refractivity contribution is -0.138. The van der Waals surface area contributed by atoms with Crippen molar-refractivity contribution >= 4 is 23.4 Å². The number of nitrogens with two attached hydrogens (primary N) is 1. The molecule has 108 valence electrons. The largest absolute Gasteiger partial charge is 0.398 e. The second-order valence-corrected chi connectivity index (χ2v) is 4.81. The number of imide groups is 1. The van der Waals surface area contributed by atoms with Gasteiger partial charge in [-0.25, -0.2) is 0 Å². The molecule has 0 saturated carbocycles. The van der Waals surface area contributed by atoms with Crippen LogP contribution in [0.25, 0.3) is 0 Å². The second-order valence-electron chi connectivity index (χ2n) is 4.81. The Hall–Kier alpha value is -2.37. The molecule has 0 bridgehead atoms. The van der Waals surface area contributed by atoms with Gasteiger partial charge in [0.1, 0.15) is 0 Å². The number of nitrogen functional groups attached to an aromatic ring is 1. The second kappa shape index (κ2) is 7.28. The number of rotatable bonds is 4. The maximum absolute atomic E-state index is 11.8. The van der Waals surface area contributed by atoms with E-state index in [1.54, 1.807) is 18.2 Å². The minimum Gasteiger partial charge on any atom is -0.398 e. The van der Waals surface area contributed by atoms with E-state index in [0.29, 0.717) is 12.5 Å². The van der Waals surface area contributed by atoms with Crippen molar-refractivity contribution in [2.24, 2.45) is 5.92 Å². The number of para-hydroxylation sites is 1. The van der Waals surface area contributed by atoms with Gasteiger partial charge in [0.15, 0.2) is 0 Å². The van der Waals surface area contributed by atoms with E-state index in [-0.39, 0.29) is 11.3 Å². The normalized spacial score (nSPS) is 10.2. The van der Waals surface area contributed by atoms with Crippen molar-refractivity contribution in [1.29, 1.82) is 0 Å². The topological polar surface area (TPSA) is 101 Å². The summed E-state index contributed by atoms with van der Waals surface area (Å²) in [5.74, 6) is -2.08. The van der Waals surface area contributed by atoms with E-state index >= 15 is 0 Å². The smallest absolute Gasteiger partial charge is 0.316 e. The van der Waals surface area contributed by atoms with E-state index < -0.39 is 17.7 Å². The zero-order valence-electron chi connectivity index (χ0n) is 11.6. The van der Waals surface area contributed by atoms with Crippen molar-refractivity contribution < 1.29 is 14.4 Å². The van der Waals surface area contributed by atoms with Crippen molar-refractivity contribution in [3.8, 4) is 0 Å². The highest BCUT2D eigenvalue weighted by molar-refractivity contribution is 6.38. The fourth-order valence-electron chi connectivity index (χ4n) is 1.49. The third-order valence-corrected chi connectivity index (χ3v) is 2.65. The summed E-state index contributed by atoms with van der Waals surface area (Å²) in [7, 11) is 0. The molecule has 0 fully saturated rings. The highest BCUT2D eigenvalue weighted by Crippen LogP contribution is 2.09. The van der Waals surface area contributed by atoms with Gasteiger partial charge in [-0.15, -0.1) is 0 Å². The molecule has 1 aromatic rings. The van der Waals surface area contributed by atoms with Crippen LogP contribution in [0.3, 0.4) is 0 Å². The van der Waals surface area contributed by atoms with E-state index in [9.17, 15) is 14.4 Å². The summed E-state index contributed by atoms with van der Waals surface area (Å²) in [4.78, 5) is 34.8. The molecule has 0 radical (unpaired) electrons. The SMILES string of the molecule is CC(C)CCNC(=O)C(=O)NC(=O)c1ccccc1N. The van der Waals surface area contributed by atoms with Gasteiger partial charge in [-0.1, -0.05) is 26.0 Å². The number of nitrogens with one attached hydrogen (secondary N) is 2. The first kappa shape index (κ1) is 15.7. The van der Waals surface area contributed by atoms with Crippen LogP contribution in [0, 0.1) is 5.92 Å². The zero-order valence-corrected chi connectivity index (χ0v) is 11.6. The van der Waals surface area contributed by atoms with Crippen LogP contribution in [0.4, 0.5) is 5.69 Å². The molecule has 4 N–H and O–H groups in total. The number of hydrogen-bond acceptors (Lipinski definition) is 4. The van der Waals surface area contributed by atoms with E-state index in [1.807, 2.05) is 19.2 Å². The standard InChI is InChI=1S/C14H19N3O3/c1-9(2)7-8-16-13(19)14(20)17-12(18)10-5-3-4-6-11(10)15/h3-6,9H,7-8,15H2,1-2H3,(H,16,19)(H,17,18,20). The predicted octanol–water partition coefficient (Wildman–Crippen LogP) is 0.687. The third kappa shape index (κ3) is 4.72. The van der Waals surface area contributed by atoms with Crippen LogP contribution in [0.5, 0.6) is 0 Å². The fraction of sp³-hybridized carbons (Fsp3) is 0.357. The lowest BCUT2D eigenvalue weighted by Crippen LogP contribution is -2.43. The molecule has 6 nitrogen and oxygen atoms in total. The summed E-state index contributed by atoms with van der Waals surface area (Å²) in [6.45, 7) is 4.41. The molecule has 0 unspecified atom stereocenters. The minimum atomic E-state index is -0.984. The average molecular weight is 277 g/mol. The van der Waals surface area contributed by atoms with Crippen molar-refractivity contribution in [2.45, 2.75) is 20.3 Å². The maximum Gasteiger partial charge on any atom is 0.316 e. The molecule has 0 atom stereocenters. The first-order valence-corrected chi connectivity index (χ1v) is 6.39. The molecule has 0 saturated heterocycles. The van der Waals surface area contributed by atoms with Gasteiger partial charge in [-0.3, -0.25) is 19.7 Å². The Balaban J connectivity index is 2.52. The van der Waals surface area contributed by atoms with Crippen molar-refractivity contribution in [1.82, 2.24) is 10.6 Å². The van der Waals surface area contributed by atoms with Gasteiger partial charge < -0.3 is 11.1 Å². The lowest BCUT2D eigenvalue weighted by Gasteiger charge is -2.08. The van der Waals surface area contributed by atoms with E-state index in [1.165, 1.54) is 6.07 Å². The van der Waals surface area contributed by atoms with Gasteiger partial charge in [0, 0.05) is 12.2 Å². The predicted molar refractivity (Wildman–Crippen MR) is 75.8 cm³/mol. The fourth-order valence-corrected chi connectivity index (χ4v) is 1.49. The molecular formula is C14H19N3O3. The molecule has 0 aliphatic carbocycles. The third-order valence-electron chi connectivity index (χ3n) is 2.65. The summed E-state index contributed by atoms with van der Waals surface area (Å²) in [6, 6.07) is 6.32. The highest BCUT2D eigenvalue weighted by Gasteiger charge is 2.18. The monoisotopic (exact) mass is 277 g/mol. The molecule has 0 spiro atoms. The van der Waals surface area contributed by atoms with Gasteiger partial charge in [0.25, 0.3) is 5.91 Å². The van der Waals surface area contributed by atoms with Gasteiger partial charge >= 0.3 is 11.8 Å². The van der Waals surface area contributed by atoms with Crippen LogP contribution in [-0.2, 0) is 9.59 Å². The zero-order chi connectivity index (χ0) is 15.1. The first-order chi connectivity index (χ1) is 9.41. The van der Waals surface area contributed by atoms with Gasteiger partial charge in [-0.2, -0.15) is 0 Å². The quantitative estimate of drug-likeness (QED) is 0.556. The first-order valence-electron chi connectivity index (χ1n) is 6.39. The molecule has 3 amide bonds. The van der Waals surface area contributed by atoms with Crippen molar-refractivity contribution in [2.75, 3.05) is 12.3 Å². The number of anilines is 1. The summed E-state index contributed by atoms with van der Waals surface area (Å²) in [5.41, 5.74) is 6.03. The summed E-state index contributed by atoms with van der Waals surface area (Å²) in [5, 5.41) is 4.46. The van der Waals surface area contributed by atoms with Crippen LogP contribution in [0.1, 0.15) is 30.6 Å². The molecular weight excluding hydrogens is 258 g/mol. The van der Waals surface area contributed by atoms with E-state index in [0.717, 1.165) is 6.42 Å². The van der Waals surface area contributed by atoms with Crippen LogP contribution in [0.2, 0.25) is 0 Å². The summed E-state index contributed by atoms with van der Waals surface area (Å²) < 4.78 is 0. The molecule has 1 rings (SSSR count). The molecule has 0 aliphatic rings. The van der Waals surface area contributed by atoms with E-state index in [2.05, 4.69) is 5.32 Å². The van der Waals surface area contributed by atoms with Gasteiger partial charge in [-0.05, 0) is 24.5 Å². The number of hydrogen-bond donors (Lipinski definition) is 3. The Kier molecular flexibility index (Phi) is 5.71. The molecule has 0 aromatic heterocycles. The molecule has 20 heavy (non-hydrogen) atoms. The molecule has 0 aliphatic heterocycles. The van der Waals surface area contributed by atoms with Crippen LogP contribution >= 0.6 is 0 Å². The minimum absolute atomic E-state index is 0.163. The molecule has 0 heterocycles. The Bertz CT molecular complexity index is 512. The number of carbonyl (C=O) groups excluding carboxylic acids is 3. The number of benzene rings is 1. The number of amides is 3. The van der Waals surface area contributed by atoms with Gasteiger partial charge in [0.2, 0.25) is 0 Å². The Morgan fingerprint density at radius 1 is 1.15 bits per heavy atom. The van der Waals surface area contributed by atoms with Crippen molar-refractivity contribution in [3.05, 3.63) is 29.8 Å². The average Bonchev–Trinajstić information content (AvgIpc) is 2.38. The lowest BCUT2D eigenvalue weighted by atomic mass is 10.1. The number of carbonyl (C=O) groups is 3. The van der Waals surface area contributed by atoms with Gasteiger partial charge in [0.05, 0.1) is 5.56 Å². The van der Waals surface area contributed by atoms with Crippen LogP contribution in [0.15, 0.2) is 24.3 Å². The van der Waals surface area contributed by atoms with Crippen molar-refractivity contribution in [3.63, 3.8) is 0 Å².